The van der Waals surface area contributed by atoms with Gasteiger partial charge in [0.15, 0.2) is 11.5 Å². The number of carbonyl (C=O) groups is 1. The largest absolute Gasteiger partial charge is 0.497 e. The van der Waals surface area contributed by atoms with Gasteiger partial charge >= 0.3 is 0 Å². The molecule has 0 radical (unpaired) electrons. The number of benzene rings is 3. The minimum atomic E-state index is -0.119. The maximum Gasteiger partial charge on any atom is 0.246 e. The summed E-state index contributed by atoms with van der Waals surface area (Å²) in [5.74, 6) is 2.43. The Balaban J connectivity index is 1.74. The Morgan fingerprint density at radius 1 is 0.806 bits per heavy atom. The van der Waals surface area contributed by atoms with Crippen molar-refractivity contribution < 1.29 is 23.7 Å². The van der Waals surface area contributed by atoms with Gasteiger partial charge in [-0.1, -0.05) is 18.2 Å². The summed E-state index contributed by atoms with van der Waals surface area (Å²) in [7, 11) is 8.13. The van der Waals surface area contributed by atoms with Crippen LogP contribution >= 0.6 is 0 Å². The molecule has 162 valence electrons. The first kappa shape index (κ1) is 22.0. The molecule has 0 N–H and O–H groups in total. The van der Waals surface area contributed by atoms with Crippen molar-refractivity contribution in [2.75, 3.05) is 35.5 Å². The van der Waals surface area contributed by atoms with E-state index in [2.05, 4.69) is 6.07 Å². The van der Waals surface area contributed by atoms with Gasteiger partial charge in [0.1, 0.15) is 11.5 Å². The molecule has 0 unspecified atom stereocenters. The summed E-state index contributed by atoms with van der Waals surface area (Å²) in [4.78, 5) is 14.3. The molecule has 0 spiro atoms. The van der Waals surface area contributed by atoms with Gasteiger partial charge in [-0.2, -0.15) is 0 Å². The summed E-state index contributed by atoms with van der Waals surface area (Å²) >= 11 is 0. The van der Waals surface area contributed by atoms with E-state index in [1.54, 1.807) is 58.6 Å². The van der Waals surface area contributed by atoms with Gasteiger partial charge in [-0.3, -0.25) is 4.79 Å². The Morgan fingerprint density at radius 3 is 2.13 bits per heavy atom. The molecular weight excluding hydrogens is 394 g/mol. The lowest BCUT2D eigenvalue weighted by atomic mass is 10.1. The lowest BCUT2D eigenvalue weighted by Crippen LogP contribution is -2.24. The highest BCUT2D eigenvalue weighted by atomic mass is 16.5. The first-order chi connectivity index (χ1) is 15.0. The number of methoxy groups -OCH3 is 4. The van der Waals surface area contributed by atoms with E-state index in [0.29, 0.717) is 23.8 Å². The van der Waals surface area contributed by atoms with E-state index in [1.807, 2.05) is 30.3 Å². The van der Waals surface area contributed by atoms with E-state index in [9.17, 15) is 4.79 Å². The fourth-order valence-corrected chi connectivity index (χ4v) is 3.32. The maximum absolute atomic E-state index is 12.7. The smallest absolute Gasteiger partial charge is 0.246 e. The first-order valence-corrected chi connectivity index (χ1v) is 9.79. The Labute approximate surface area is 182 Å². The summed E-state index contributed by atoms with van der Waals surface area (Å²) in [6.45, 7) is 0.494. The maximum atomic E-state index is 12.7. The quantitative estimate of drug-likeness (QED) is 0.500. The SMILES string of the molecule is COc1ccc2cc(CN(C)C(=O)/C=C/c3cc(OC)c(OC)cc3OC)ccc2c1. The number of hydrogen-bond donors (Lipinski definition) is 0. The number of carbonyl (C=O) groups excluding carboxylic acids is 1. The Bertz CT molecular complexity index is 1110. The van der Waals surface area contributed by atoms with E-state index in [4.69, 9.17) is 18.9 Å². The first-order valence-electron chi connectivity index (χ1n) is 9.79. The van der Waals surface area contributed by atoms with Crippen LogP contribution in [0.25, 0.3) is 16.8 Å². The van der Waals surface area contributed by atoms with E-state index in [-0.39, 0.29) is 5.91 Å². The Morgan fingerprint density at radius 2 is 1.45 bits per heavy atom. The summed E-state index contributed by atoms with van der Waals surface area (Å²) in [6.07, 6.45) is 3.24. The molecule has 0 saturated heterocycles. The fraction of sp³-hybridized carbons (Fsp3) is 0.240. The zero-order valence-corrected chi connectivity index (χ0v) is 18.5. The summed E-state index contributed by atoms with van der Waals surface area (Å²) in [5.41, 5.74) is 1.77. The number of nitrogens with zero attached hydrogens (tertiary/aromatic N) is 1. The number of amides is 1. The highest BCUT2D eigenvalue weighted by Gasteiger charge is 2.12. The van der Waals surface area contributed by atoms with Gasteiger partial charge in [-0.05, 0) is 46.7 Å². The molecule has 6 heteroatoms. The van der Waals surface area contributed by atoms with Crippen LogP contribution in [0.15, 0.2) is 54.6 Å². The lowest BCUT2D eigenvalue weighted by molar-refractivity contribution is -0.125. The molecule has 1 amide bonds. The van der Waals surface area contributed by atoms with Crippen LogP contribution in [0.4, 0.5) is 0 Å². The molecule has 0 aromatic heterocycles. The molecule has 0 fully saturated rings. The van der Waals surface area contributed by atoms with Crippen LogP contribution < -0.4 is 18.9 Å². The van der Waals surface area contributed by atoms with Gasteiger partial charge in [0.05, 0.1) is 28.4 Å². The second-order valence-corrected chi connectivity index (χ2v) is 7.02. The van der Waals surface area contributed by atoms with Crippen molar-refractivity contribution in [2.45, 2.75) is 6.54 Å². The Hall–Kier alpha value is -3.67. The summed E-state index contributed by atoms with van der Waals surface area (Å²) < 4.78 is 21.3. The van der Waals surface area contributed by atoms with Crippen molar-refractivity contribution in [2.24, 2.45) is 0 Å². The van der Waals surface area contributed by atoms with Gasteiger partial charge < -0.3 is 23.8 Å². The van der Waals surface area contributed by atoms with Crippen molar-refractivity contribution in [1.82, 2.24) is 4.90 Å². The van der Waals surface area contributed by atoms with Gasteiger partial charge in [0, 0.05) is 31.3 Å². The predicted molar refractivity (Wildman–Crippen MR) is 122 cm³/mol. The lowest BCUT2D eigenvalue weighted by Gasteiger charge is -2.16. The molecule has 0 bridgehead atoms. The van der Waals surface area contributed by atoms with E-state index < -0.39 is 0 Å². The monoisotopic (exact) mass is 421 g/mol. The van der Waals surface area contributed by atoms with E-state index in [1.165, 1.54) is 6.08 Å². The molecule has 0 aliphatic carbocycles. The van der Waals surface area contributed by atoms with Crippen molar-refractivity contribution in [3.63, 3.8) is 0 Å². The third-order valence-electron chi connectivity index (χ3n) is 5.05. The second-order valence-electron chi connectivity index (χ2n) is 7.02. The fourth-order valence-electron chi connectivity index (χ4n) is 3.32. The minimum Gasteiger partial charge on any atom is -0.497 e. The van der Waals surface area contributed by atoms with Gasteiger partial charge in [-0.15, -0.1) is 0 Å². The zero-order valence-electron chi connectivity index (χ0n) is 18.5. The minimum absolute atomic E-state index is 0.119. The molecule has 0 heterocycles. The third-order valence-corrected chi connectivity index (χ3v) is 5.05. The van der Waals surface area contributed by atoms with E-state index in [0.717, 1.165) is 27.6 Å². The van der Waals surface area contributed by atoms with Crippen molar-refractivity contribution in [3.05, 3.63) is 65.7 Å². The highest BCUT2D eigenvalue weighted by Crippen LogP contribution is 2.35. The third kappa shape index (κ3) is 5.09. The molecule has 0 atom stereocenters. The molecule has 6 nitrogen and oxygen atoms in total. The van der Waals surface area contributed by atoms with Gasteiger partial charge in [0.25, 0.3) is 0 Å². The van der Waals surface area contributed by atoms with Crippen LogP contribution in [0, 0.1) is 0 Å². The summed E-state index contributed by atoms with van der Waals surface area (Å²) in [5, 5.41) is 2.20. The highest BCUT2D eigenvalue weighted by molar-refractivity contribution is 5.92. The average molecular weight is 421 g/mol. The van der Waals surface area contributed by atoms with E-state index >= 15 is 0 Å². The number of hydrogen-bond acceptors (Lipinski definition) is 5. The van der Waals surface area contributed by atoms with Crippen LogP contribution in [0.1, 0.15) is 11.1 Å². The normalized spacial score (nSPS) is 10.9. The molecule has 3 aromatic rings. The zero-order chi connectivity index (χ0) is 22.4. The van der Waals surface area contributed by atoms with Crippen LogP contribution in [0.3, 0.4) is 0 Å². The van der Waals surface area contributed by atoms with Crippen LogP contribution in [-0.4, -0.2) is 46.3 Å². The molecule has 0 aliphatic heterocycles. The average Bonchev–Trinajstić information content (AvgIpc) is 2.81. The predicted octanol–water partition coefficient (Wildman–Crippen LogP) is 4.55. The van der Waals surface area contributed by atoms with Crippen molar-refractivity contribution >= 4 is 22.8 Å². The molecule has 0 saturated carbocycles. The molecule has 3 aromatic carbocycles. The topological polar surface area (TPSA) is 57.2 Å². The molecular formula is C25H27NO5. The van der Waals surface area contributed by atoms with Gasteiger partial charge in [0.2, 0.25) is 5.91 Å². The molecule has 0 aliphatic rings. The standard InChI is InChI=1S/C25H27NO5/c1-26(16-17-6-7-19-13-21(28-2)10-8-18(19)12-17)25(27)11-9-20-14-23(30-4)24(31-5)15-22(20)29-3/h6-15H,16H2,1-5H3/b11-9+. The van der Waals surface area contributed by atoms with Crippen LogP contribution in [0.2, 0.25) is 0 Å². The molecule has 31 heavy (non-hydrogen) atoms. The number of fused-ring (bicyclic) bond motifs is 1. The van der Waals surface area contributed by atoms with Crippen molar-refractivity contribution in [1.29, 1.82) is 0 Å². The van der Waals surface area contributed by atoms with Crippen molar-refractivity contribution in [3.8, 4) is 23.0 Å². The second kappa shape index (κ2) is 9.89. The number of ether oxygens (including phenoxy) is 4. The summed E-state index contributed by atoms with van der Waals surface area (Å²) in [6, 6.07) is 15.6. The number of rotatable bonds is 8. The number of likely N-dealkylation sites (N-methyl/N-ethyl adjacent to an activating group) is 1. The Kier molecular flexibility index (Phi) is 7.03. The van der Waals surface area contributed by atoms with Gasteiger partial charge in [-0.25, -0.2) is 0 Å². The van der Waals surface area contributed by atoms with Crippen LogP contribution in [0.5, 0.6) is 23.0 Å². The van der Waals surface area contributed by atoms with Crippen LogP contribution in [-0.2, 0) is 11.3 Å². The molecule has 3 rings (SSSR count).